The van der Waals surface area contributed by atoms with Crippen molar-refractivity contribution in [2.45, 2.75) is 113 Å². The van der Waals surface area contributed by atoms with Crippen molar-refractivity contribution in [1.29, 1.82) is 0 Å². The fourth-order valence-corrected chi connectivity index (χ4v) is 8.08. The van der Waals surface area contributed by atoms with Crippen LogP contribution in [0.4, 0.5) is 0 Å². The van der Waals surface area contributed by atoms with Gasteiger partial charge in [-0.15, -0.1) is 0 Å². The van der Waals surface area contributed by atoms with Gasteiger partial charge in [-0.2, -0.15) is 0 Å². The first-order valence-corrected chi connectivity index (χ1v) is 13.8. The molecule has 0 aliphatic heterocycles. The van der Waals surface area contributed by atoms with Gasteiger partial charge in [0.1, 0.15) is 0 Å². The van der Waals surface area contributed by atoms with Crippen LogP contribution in [0.3, 0.4) is 0 Å². The highest BCUT2D eigenvalue weighted by atomic mass is 16.5. The lowest BCUT2D eigenvalue weighted by Gasteiger charge is -2.55. The van der Waals surface area contributed by atoms with E-state index in [4.69, 9.17) is 4.74 Å². The molecule has 1 heteroatoms. The number of rotatable bonds is 6. The Labute approximate surface area is 199 Å². The van der Waals surface area contributed by atoms with E-state index in [1.807, 2.05) is 5.57 Å². The standard InChI is InChI=1S/C31H50O/c1-20(2)22(5)9-10-23(6)27-13-14-28-26-12-11-24-19-25(32-21(3)4)15-17-30(24,7)29(26)16-18-31(27,28)8/h9-12,20-23,25,27-29H,13-19H2,1-8H3/b10-9+. The van der Waals surface area contributed by atoms with Gasteiger partial charge in [0.15, 0.2) is 0 Å². The van der Waals surface area contributed by atoms with Gasteiger partial charge in [-0.05, 0) is 105 Å². The van der Waals surface area contributed by atoms with Gasteiger partial charge in [-0.3, -0.25) is 0 Å². The molecule has 4 aliphatic rings. The van der Waals surface area contributed by atoms with Gasteiger partial charge in [0, 0.05) is 0 Å². The monoisotopic (exact) mass is 438 g/mol. The molecule has 8 atom stereocenters. The molecule has 0 aromatic heterocycles. The van der Waals surface area contributed by atoms with Crippen molar-refractivity contribution in [3.05, 3.63) is 35.5 Å². The largest absolute Gasteiger partial charge is 0.375 e. The summed E-state index contributed by atoms with van der Waals surface area (Å²) in [7, 11) is 0. The smallest absolute Gasteiger partial charge is 0.0616 e. The minimum absolute atomic E-state index is 0.338. The zero-order valence-corrected chi connectivity index (χ0v) is 22.3. The maximum atomic E-state index is 6.23. The summed E-state index contributed by atoms with van der Waals surface area (Å²) in [5.41, 5.74) is 4.36. The Morgan fingerprint density at radius 1 is 0.875 bits per heavy atom. The minimum atomic E-state index is 0.338. The van der Waals surface area contributed by atoms with Crippen LogP contribution < -0.4 is 0 Å². The second-order valence-electron chi connectivity index (χ2n) is 13.0. The predicted octanol–water partition coefficient (Wildman–Crippen LogP) is 8.76. The van der Waals surface area contributed by atoms with Crippen molar-refractivity contribution in [3.63, 3.8) is 0 Å². The highest BCUT2D eigenvalue weighted by Gasteiger charge is 2.56. The average molecular weight is 439 g/mol. The summed E-state index contributed by atoms with van der Waals surface area (Å²) < 4.78 is 6.23. The van der Waals surface area contributed by atoms with Crippen molar-refractivity contribution in [2.24, 2.45) is 46.3 Å². The molecule has 32 heavy (non-hydrogen) atoms. The first kappa shape index (κ1) is 24.3. The average Bonchev–Trinajstić information content (AvgIpc) is 3.08. The van der Waals surface area contributed by atoms with Gasteiger partial charge in [0.2, 0.25) is 0 Å². The molecule has 0 saturated heterocycles. The van der Waals surface area contributed by atoms with Crippen molar-refractivity contribution in [2.75, 3.05) is 0 Å². The normalized spacial score (nSPS) is 41.2. The molecular weight excluding hydrogens is 388 g/mol. The van der Waals surface area contributed by atoms with E-state index < -0.39 is 0 Å². The van der Waals surface area contributed by atoms with E-state index in [1.165, 1.54) is 38.5 Å². The van der Waals surface area contributed by atoms with E-state index in [0.717, 1.165) is 30.1 Å². The van der Waals surface area contributed by atoms with E-state index in [0.29, 0.717) is 34.9 Å². The van der Waals surface area contributed by atoms with Crippen LogP contribution in [-0.4, -0.2) is 12.2 Å². The zero-order chi connectivity index (χ0) is 23.3. The van der Waals surface area contributed by atoms with Crippen LogP contribution in [0.15, 0.2) is 35.5 Å². The number of ether oxygens (including phenoxy) is 1. The first-order valence-electron chi connectivity index (χ1n) is 13.8. The lowest BCUT2D eigenvalue weighted by molar-refractivity contribution is -0.0269. The highest BCUT2D eigenvalue weighted by molar-refractivity contribution is 5.39. The van der Waals surface area contributed by atoms with Crippen molar-refractivity contribution in [1.82, 2.24) is 0 Å². The molecular formula is C31H50O. The molecule has 0 aromatic carbocycles. The van der Waals surface area contributed by atoms with Gasteiger partial charge in [0.25, 0.3) is 0 Å². The Hall–Kier alpha value is -0.820. The summed E-state index contributed by atoms with van der Waals surface area (Å²) in [5.74, 6) is 4.50. The maximum Gasteiger partial charge on any atom is 0.0616 e. The summed E-state index contributed by atoms with van der Waals surface area (Å²) in [5, 5.41) is 0. The minimum Gasteiger partial charge on any atom is -0.375 e. The quantitative estimate of drug-likeness (QED) is 0.376. The Balaban J connectivity index is 1.54. The van der Waals surface area contributed by atoms with Gasteiger partial charge in [-0.25, -0.2) is 0 Å². The number of fused-ring (bicyclic) bond motifs is 5. The zero-order valence-electron chi connectivity index (χ0n) is 22.3. The van der Waals surface area contributed by atoms with Gasteiger partial charge >= 0.3 is 0 Å². The number of hydrogen-bond donors (Lipinski definition) is 0. The Morgan fingerprint density at radius 2 is 1.62 bits per heavy atom. The number of allylic oxidation sites excluding steroid dienone is 5. The number of hydrogen-bond acceptors (Lipinski definition) is 1. The molecule has 0 aromatic rings. The molecule has 180 valence electrons. The molecule has 0 heterocycles. The summed E-state index contributed by atoms with van der Waals surface area (Å²) >= 11 is 0. The molecule has 0 N–H and O–H groups in total. The van der Waals surface area contributed by atoms with Crippen LogP contribution in [-0.2, 0) is 4.74 Å². The molecule has 0 bridgehead atoms. The molecule has 4 aliphatic carbocycles. The Bertz CT molecular complexity index is 769. The molecule has 0 amide bonds. The van der Waals surface area contributed by atoms with E-state index in [-0.39, 0.29) is 0 Å². The second kappa shape index (κ2) is 9.09. The van der Waals surface area contributed by atoms with E-state index in [9.17, 15) is 0 Å². The van der Waals surface area contributed by atoms with E-state index in [2.05, 4.69) is 79.7 Å². The molecule has 1 nitrogen and oxygen atoms in total. The molecule has 3 fully saturated rings. The SMILES string of the molecule is CC(C)OC1CCC2(C)C(=CC=C3C2CCC2(C)C3CCC2C(C)/C=C/C(C)C(C)C)C1. The fourth-order valence-electron chi connectivity index (χ4n) is 8.08. The Morgan fingerprint density at radius 3 is 2.31 bits per heavy atom. The fraction of sp³-hybridized carbons (Fsp3) is 0.806. The van der Waals surface area contributed by atoms with Crippen LogP contribution in [0, 0.1) is 46.3 Å². The first-order chi connectivity index (χ1) is 15.1. The van der Waals surface area contributed by atoms with Crippen LogP contribution in [0.5, 0.6) is 0 Å². The van der Waals surface area contributed by atoms with Crippen molar-refractivity contribution >= 4 is 0 Å². The van der Waals surface area contributed by atoms with Crippen LogP contribution in [0.2, 0.25) is 0 Å². The maximum absolute atomic E-state index is 6.23. The summed E-state index contributed by atoms with van der Waals surface area (Å²) in [6, 6.07) is 0. The molecule has 0 radical (unpaired) electrons. The third-order valence-corrected chi connectivity index (χ3v) is 10.5. The van der Waals surface area contributed by atoms with E-state index in [1.54, 1.807) is 5.57 Å². The topological polar surface area (TPSA) is 9.23 Å². The molecule has 0 spiro atoms. The van der Waals surface area contributed by atoms with Crippen molar-refractivity contribution < 1.29 is 4.74 Å². The Kier molecular flexibility index (Phi) is 6.90. The lowest BCUT2D eigenvalue weighted by atomic mass is 9.50. The lowest BCUT2D eigenvalue weighted by Crippen LogP contribution is -2.46. The molecule has 4 rings (SSSR count). The second-order valence-corrected chi connectivity index (χ2v) is 13.0. The van der Waals surface area contributed by atoms with Crippen LogP contribution >= 0.6 is 0 Å². The highest BCUT2D eigenvalue weighted by Crippen LogP contribution is 2.66. The van der Waals surface area contributed by atoms with Gasteiger partial charge in [0.05, 0.1) is 12.2 Å². The predicted molar refractivity (Wildman–Crippen MR) is 137 cm³/mol. The summed E-state index contributed by atoms with van der Waals surface area (Å²) in [4.78, 5) is 0. The third-order valence-electron chi connectivity index (χ3n) is 10.5. The van der Waals surface area contributed by atoms with Gasteiger partial charge in [-0.1, -0.05) is 77.0 Å². The molecule has 3 saturated carbocycles. The summed E-state index contributed by atoms with van der Waals surface area (Å²) in [6.45, 7) is 19.2. The van der Waals surface area contributed by atoms with E-state index >= 15 is 0 Å². The molecule has 8 unspecified atom stereocenters. The summed E-state index contributed by atoms with van der Waals surface area (Å²) in [6.07, 6.45) is 20.3. The van der Waals surface area contributed by atoms with Crippen molar-refractivity contribution in [3.8, 4) is 0 Å². The van der Waals surface area contributed by atoms with Crippen LogP contribution in [0.25, 0.3) is 0 Å². The van der Waals surface area contributed by atoms with Gasteiger partial charge < -0.3 is 4.74 Å². The third kappa shape index (κ3) is 4.21. The van der Waals surface area contributed by atoms with Crippen LogP contribution in [0.1, 0.15) is 100 Å².